The van der Waals surface area contributed by atoms with E-state index in [-0.39, 0.29) is 31.1 Å². The first-order chi connectivity index (χ1) is 9.72. The number of aryl methyl sites for hydroxylation is 1. The van der Waals surface area contributed by atoms with Gasteiger partial charge in [0.15, 0.2) is 0 Å². The lowest BCUT2D eigenvalue weighted by Gasteiger charge is -2.18. The Balaban J connectivity index is 2.31. The van der Waals surface area contributed by atoms with Crippen molar-refractivity contribution in [3.05, 3.63) is 22.5 Å². The molecule has 9 nitrogen and oxygen atoms in total. The van der Waals surface area contributed by atoms with Gasteiger partial charge in [-0.05, 0) is 20.3 Å². The number of carboxylic acids is 1. The molecule has 0 fully saturated rings. The van der Waals surface area contributed by atoms with Crippen LogP contribution in [0, 0.1) is 15.5 Å². The lowest BCUT2D eigenvalue weighted by molar-refractivity contribution is -0.385. The number of nitrogens with one attached hydrogen (secondary N) is 1. The molecule has 1 aromatic heterocycles. The van der Waals surface area contributed by atoms with Crippen LogP contribution in [0.3, 0.4) is 0 Å². The summed E-state index contributed by atoms with van der Waals surface area (Å²) in [4.78, 5) is 32.4. The highest BCUT2D eigenvalue weighted by Gasteiger charge is 2.26. The summed E-state index contributed by atoms with van der Waals surface area (Å²) in [6, 6.07) is 0. The molecule has 1 amide bonds. The van der Waals surface area contributed by atoms with E-state index < -0.39 is 16.3 Å². The maximum atomic E-state index is 11.6. The van der Waals surface area contributed by atoms with Gasteiger partial charge in [-0.1, -0.05) is 0 Å². The molecule has 0 aliphatic rings. The maximum absolute atomic E-state index is 11.6. The van der Waals surface area contributed by atoms with Crippen molar-refractivity contribution in [2.24, 2.45) is 5.41 Å². The summed E-state index contributed by atoms with van der Waals surface area (Å²) in [7, 11) is 0. The van der Waals surface area contributed by atoms with Crippen LogP contribution in [0.15, 0.2) is 12.4 Å². The number of aliphatic carboxylic acids is 1. The second-order valence-electron chi connectivity index (χ2n) is 5.26. The van der Waals surface area contributed by atoms with Crippen molar-refractivity contribution < 1.29 is 19.6 Å². The van der Waals surface area contributed by atoms with Crippen LogP contribution in [0.2, 0.25) is 0 Å². The fourth-order valence-corrected chi connectivity index (χ4v) is 1.50. The molecule has 21 heavy (non-hydrogen) atoms. The number of rotatable bonds is 8. The predicted molar refractivity (Wildman–Crippen MR) is 72.5 cm³/mol. The van der Waals surface area contributed by atoms with Crippen molar-refractivity contribution in [1.82, 2.24) is 15.1 Å². The summed E-state index contributed by atoms with van der Waals surface area (Å²) in [6.07, 6.45) is 2.81. The smallest absolute Gasteiger partial charge is 0.309 e. The number of hydrogen-bond donors (Lipinski definition) is 2. The summed E-state index contributed by atoms with van der Waals surface area (Å²) in [5.74, 6) is -1.17. The van der Waals surface area contributed by atoms with E-state index in [1.54, 1.807) is 13.8 Å². The van der Waals surface area contributed by atoms with Gasteiger partial charge >= 0.3 is 11.7 Å². The molecule has 0 aromatic carbocycles. The third-order valence-corrected chi connectivity index (χ3v) is 3.05. The Labute approximate surface area is 121 Å². The summed E-state index contributed by atoms with van der Waals surface area (Å²) in [6.45, 7) is 3.66. The van der Waals surface area contributed by atoms with Gasteiger partial charge in [-0.3, -0.25) is 24.4 Å². The number of amides is 1. The quantitative estimate of drug-likeness (QED) is 0.539. The molecule has 116 valence electrons. The van der Waals surface area contributed by atoms with Crippen molar-refractivity contribution in [3.63, 3.8) is 0 Å². The van der Waals surface area contributed by atoms with E-state index in [1.807, 2.05) is 0 Å². The molecule has 0 aliphatic carbocycles. The number of nitro groups is 1. The van der Waals surface area contributed by atoms with Crippen LogP contribution in [-0.4, -0.2) is 38.2 Å². The number of nitrogens with zero attached hydrogens (tertiary/aromatic N) is 3. The Kier molecular flexibility index (Phi) is 5.39. The SMILES string of the molecule is CC(C)(CCNC(=O)CCn1cc([N+](=O)[O-])cn1)C(=O)O. The largest absolute Gasteiger partial charge is 0.481 e. The van der Waals surface area contributed by atoms with Crippen LogP contribution < -0.4 is 5.32 Å². The van der Waals surface area contributed by atoms with Crippen LogP contribution in [0.1, 0.15) is 26.7 Å². The molecule has 0 bridgehead atoms. The zero-order valence-corrected chi connectivity index (χ0v) is 11.9. The monoisotopic (exact) mass is 298 g/mol. The molecule has 0 saturated heterocycles. The first kappa shape index (κ1) is 16.6. The van der Waals surface area contributed by atoms with Crippen LogP contribution in [0.25, 0.3) is 0 Å². The van der Waals surface area contributed by atoms with E-state index in [4.69, 9.17) is 5.11 Å². The van der Waals surface area contributed by atoms with Gasteiger partial charge in [0.05, 0.1) is 10.3 Å². The lowest BCUT2D eigenvalue weighted by Crippen LogP contribution is -2.32. The van der Waals surface area contributed by atoms with Gasteiger partial charge in [0.25, 0.3) is 0 Å². The van der Waals surface area contributed by atoms with Crippen LogP contribution in [0.4, 0.5) is 5.69 Å². The predicted octanol–water partition coefficient (Wildman–Crippen LogP) is 0.798. The summed E-state index contributed by atoms with van der Waals surface area (Å²) in [5, 5.41) is 25.8. The molecule has 9 heteroatoms. The van der Waals surface area contributed by atoms with Gasteiger partial charge < -0.3 is 10.4 Å². The molecule has 0 saturated carbocycles. The highest BCUT2D eigenvalue weighted by atomic mass is 16.6. The number of carbonyl (C=O) groups is 2. The van der Waals surface area contributed by atoms with Crippen molar-refractivity contribution in [1.29, 1.82) is 0 Å². The third kappa shape index (κ3) is 5.21. The second kappa shape index (κ2) is 6.82. The minimum absolute atomic E-state index is 0.117. The van der Waals surface area contributed by atoms with E-state index in [1.165, 1.54) is 10.9 Å². The Morgan fingerprint density at radius 1 is 1.52 bits per heavy atom. The summed E-state index contributed by atoms with van der Waals surface area (Å²) >= 11 is 0. The van der Waals surface area contributed by atoms with Gasteiger partial charge in [0, 0.05) is 19.5 Å². The number of aromatic nitrogens is 2. The molecule has 1 aromatic rings. The standard InChI is InChI=1S/C12H18N4O5/c1-12(2,11(18)19)4-5-13-10(17)3-6-15-8-9(7-14-15)16(20)21/h7-8H,3-6H2,1-2H3,(H,13,17)(H,18,19). The van der Waals surface area contributed by atoms with Gasteiger partial charge in [-0.15, -0.1) is 0 Å². The molecular weight excluding hydrogens is 280 g/mol. The molecule has 2 N–H and O–H groups in total. The van der Waals surface area contributed by atoms with Crippen molar-refractivity contribution in [2.45, 2.75) is 33.2 Å². The molecule has 0 spiro atoms. The lowest BCUT2D eigenvalue weighted by atomic mass is 9.90. The summed E-state index contributed by atoms with van der Waals surface area (Å²) in [5.41, 5.74) is -1.02. The average Bonchev–Trinajstić information content (AvgIpc) is 2.85. The Hall–Kier alpha value is -2.45. The van der Waals surface area contributed by atoms with E-state index in [9.17, 15) is 19.7 Å². The molecule has 1 heterocycles. The fraction of sp³-hybridized carbons (Fsp3) is 0.583. The first-order valence-corrected chi connectivity index (χ1v) is 6.39. The second-order valence-corrected chi connectivity index (χ2v) is 5.26. The van der Waals surface area contributed by atoms with Gasteiger partial charge in [0.2, 0.25) is 5.91 Å². The molecular formula is C12H18N4O5. The highest BCUT2D eigenvalue weighted by molar-refractivity contribution is 5.76. The molecule has 0 aliphatic heterocycles. The number of hydrogen-bond acceptors (Lipinski definition) is 5. The fourth-order valence-electron chi connectivity index (χ4n) is 1.50. The highest BCUT2D eigenvalue weighted by Crippen LogP contribution is 2.19. The molecule has 0 atom stereocenters. The van der Waals surface area contributed by atoms with E-state index >= 15 is 0 Å². The average molecular weight is 298 g/mol. The van der Waals surface area contributed by atoms with Crippen molar-refractivity contribution in [3.8, 4) is 0 Å². The maximum Gasteiger partial charge on any atom is 0.309 e. The Morgan fingerprint density at radius 3 is 2.71 bits per heavy atom. The first-order valence-electron chi connectivity index (χ1n) is 6.39. The minimum Gasteiger partial charge on any atom is -0.481 e. The van der Waals surface area contributed by atoms with E-state index in [0.717, 1.165) is 6.20 Å². The Morgan fingerprint density at radius 2 is 2.19 bits per heavy atom. The van der Waals surface area contributed by atoms with Crippen LogP contribution in [0.5, 0.6) is 0 Å². The topological polar surface area (TPSA) is 127 Å². The van der Waals surface area contributed by atoms with Crippen molar-refractivity contribution >= 4 is 17.6 Å². The zero-order valence-electron chi connectivity index (χ0n) is 11.9. The van der Waals surface area contributed by atoms with Crippen LogP contribution in [-0.2, 0) is 16.1 Å². The van der Waals surface area contributed by atoms with E-state index in [0.29, 0.717) is 6.42 Å². The zero-order chi connectivity index (χ0) is 16.0. The molecule has 1 rings (SSSR count). The molecule has 0 radical (unpaired) electrons. The third-order valence-electron chi connectivity index (χ3n) is 3.05. The van der Waals surface area contributed by atoms with Gasteiger partial charge in [0.1, 0.15) is 12.4 Å². The van der Waals surface area contributed by atoms with Gasteiger partial charge in [-0.25, -0.2) is 0 Å². The molecule has 0 unspecified atom stereocenters. The summed E-state index contributed by atoms with van der Waals surface area (Å²) < 4.78 is 1.32. The van der Waals surface area contributed by atoms with Crippen LogP contribution >= 0.6 is 0 Å². The van der Waals surface area contributed by atoms with E-state index in [2.05, 4.69) is 10.4 Å². The number of carboxylic acid groups (broad SMARTS) is 1. The Bertz CT molecular complexity index is 538. The number of carbonyl (C=O) groups excluding carboxylic acids is 1. The minimum atomic E-state index is -0.916. The van der Waals surface area contributed by atoms with Crippen molar-refractivity contribution in [2.75, 3.05) is 6.54 Å². The normalized spacial score (nSPS) is 11.1. The van der Waals surface area contributed by atoms with Gasteiger partial charge in [-0.2, -0.15) is 5.10 Å².